The topological polar surface area (TPSA) is 78.9 Å². The summed E-state index contributed by atoms with van der Waals surface area (Å²) in [5.74, 6) is -0.825. The molecule has 0 aliphatic rings. The number of carbonyl (C=O) groups excluding carboxylic acids is 2. The highest BCUT2D eigenvalue weighted by Crippen LogP contribution is 2.32. The average Bonchev–Trinajstić information content (AvgIpc) is 2.84. The molecule has 2 N–H and O–H groups in total. The average molecular weight is 431 g/mol. The second kappa shape index (κ2) is 11.0. The van der Waals surface area contributed by atoms with Crippen molar-refractivity contribution in [1.82, 2.24) is 5.48 Å². The number of hydrogen-bond donors (Lipinski definition) is 2. The lowest BCUT2D eigenvalue weighted by molar-refractivity contribution is -0.113. The number of amides is 2. The molecule has 32 heavy (non-hydrogen) atoms. The summed E-state index contributed by atoms with van der Waals surface area (Å²) in [6, 6.07) is 22.1. The Bertz CT molecular complexity index is 1080. The largest absolute Gasteiger partial charge is 0.377 e. The van der Waals surface area contributed by atoms with Crippen molar-refractivity contribution in [1.29, 1.82) is 0 Å². The molecule has 0 heterocycles. The number of benzene rings is 3. The summed E-state index contributed by atoms with van der Waals surface area (Å²) < 4.78 is 5.75. The molecule has 6 nitrogen and oxygen atoms in total. The zero-order valence-corrected chi connectivity index (χ0v) is 18.0. The molecule has 0 unspecified atom stereocenters. The van der Waals surface area contributed by atoms with Crippen molar-refractivity contribution in [2.24, 2.45) is 0 Å². The van der Waals surface area contributed by atoms with Gasteiger partial charge in [-0.3, -0.25) is 19.7 Å². The van der Waals surface area contributed by atoms with E-state index in [-0.39, 0.29) is 5.91 Å². The van der Waals surface area contributed by atoms with Crippen LogP contribution in [0, 0.1) is 0 Å². The van der Waals surface area contributed by atoms with Gasteiger partial charge in [-0.2, -0.15) is 0 Å². The Hall–Kier alpha value is -3.74. The summed E-state index contributed by atoms with van der Waals surface area (Å²) in [5, 5.41) is 8.84. The molecule has 0 radical (unpaired) electrons. The summed E-state index contributed by atoms with van der Waals surface area (Å²) in [6.07, 6.45) is 2.20. The van der Waals surface area contributed by atoms with Crippen molar-refractivity contribution in [3.8, 4) is 11.1 Å². The molecule has 6 heteroatoms. The van der Waals surface area contributed by atoms with Gasteiger partial charge in [0, 0.05) is 17.9 Å². The number of rotatable bonds is 9. The maximum atomic E-state index is 12.8. The van der Waals surface area contributed by atoms with Crippen molar-refractivity contribution in [2.45, 2.75) is 20.0 Å². The monoisotopic (exact) mass is 430 g/mol. The van der Waals surface area contributed by atoms with E-state index in [0.29, 0.717) is 24.5 Å². The van der Waals surface area contributed by atoms with Gasteiger partial charge in [0.1, 0.15) is 0 Å². The first-order valence-electron chi connectivity index (χ1n) is 10.4. The van der Waals surface area contributed by atoms with Crippen molar-refractivity contribution in [3.63, 3.8) is 0 Å². The van der Waals surface area contributed by atoms with Gasteiger partial charge in [-0.05, 0) is 71.7 Å². The van der Waals surface area contributed by atoms with E-state index in [4.69, 9.17) is 9.94 Å². The molecule has 3 aromatic carbocycles. The molecule has 0 aliphatic heterocycles. The summed E-state index contributed by atoms with van der Waals surface area (Å²) in [6.45, 7) is 6.75. The van der Waals surface area contributed by atoms with Crippen LogP contribution in [-0.2, 0) is 16.1 Å². The van der Waals surface area contributed by atoms with Gasteiger partial charge in [0.2, 0.25) is 0 Å². The van der Waals surface area contributed by atoms with E-state index in [1.165, 1.54) is 6.08 Å². The van der Waals surface area contributed by atoms with Crippen molar-refractivity contribution < 1.29 is 19.5 Å². The van der Waals surface area contributed by atoms with Gasteiger partial charge in [0.05, 0.1) is 12.3 Å². The number of carbonyl (C=O) groups is 2. The Balaban J connectivity index is 2.08. The Morgan fingerprint density at radius 2 is 1.72 bits per heavy atom. The number of para-hydroxylation sites is 1. The zero-order chi connectivity index (χ0) is 22.9. The van der Waals surface area contributed by atoms with E-state index in [1.807, 2.05) is 55.5 Å². The van der Waals surface area contributed by atoms with Gasteiger partial charge < -0.3 is 4.74 Å². The Morgan fingerprint density at radius 1 is 1.00 bits per heavy atom. The summed E-state index contributed by atoms with van der Waals surface area (Å²) >= 11 is 0. The minimum atomic E-state index is -0.578. The van der Waals surface area contributed by atoms with Gasteiger partial charge in [-0.15, -0.1) is 0 Å². The molecular formula is C26H26N2O4. The first-order chi connectivity index (χ1) is 15.6. The van der Waals surface area contributed by atoms with Gasteiger partial charge >= 0.3 is 0 Å². The predicted octanol–water partition coefficient (Wildman–Crippen LogP) is 5.25. The van der Waals surface area contributed by atoms with Crippen LogP contribution in [0.15, 0.2) is 85.5 Å². The van der Waals surface area contributed by atoms with E-state index in [1.54, 1.807) is 34.6 Å². The third-order valence-electron chi connectivity index (χ3n) is 4.84. The molecule has 0 aliphatic carbocycles. The van der Waals surface area contributed by atoms with E-state index < -0.39 is 5.91 Å². The molecule has 0 atom stereocenters. The molecule has 0 saturated carbocycles. The van der Waals surface area contributed by atoms with Crippen LogP contribution >= 0.6 is 0 Å². The Morgan fingerprint density at radius 3 is 2.34 bits per heavy atom. The minimum Gasteiger partial charge on any atom is -0.377 e. The van der Waals surface area contributed by atoms with E-state index in [2.05, 4.69) is 6.58 Å². The quantitative estimate of drug-likeness (QED) is 0.210. The number of hydroxylamine groups is 1. The fourth-order valence-electron chi connectivity index (χ4n) is 3.34. The van der Waals surface area contributed by atoms with E-state index in [0.717, 1.165) is 28.8 Å². The predicted molar refractivity (Wildman–Crippen MR) is 125 cm³/mol. The lowest BCUT2D eigenvalue weighted by Gasteiger charge is -2.23. The van der Waals surface area contributed by atoms with Crippen LogP contribution in [0.2, 0.25) is 0 Å². The van der Waals surface area contributed by atoms with Crippen LogP contribution in [0.25, 0.3) is 11.1 Å². The number of nitrogens with one attached hydrogen (secondary N) is 1. The molecule has 3 aromatic rings. The third-order valence-corrected chi connectivity index (χ3v) is 4.84. The first-order valence-corrected chi connectivity index (χ1v) is 10.4. The van der Waals surface area contributed by atoms with Gasteiger partial charge in [0.15, 0.2) is 0 Å². The summed E-state index contributed by atoms with van der Waals surface area (Å²) in [4.78, 5) is 26.0. The number of hydrogen-bond acceptors (Lipinski definition) is 4. The Kier molecular flexibility index (Phi) is 7.91. The smallest absolute Gasteiger partial charge is 0.274 e. The maximum absolute atomic E-state index is 12.8. The van der Waals surface area contributed by atoms with Crippen LogP contribution in [0.4, 0.5) is 11.4 Å². The lowest BCUT2D eigenvalue weighted by Crippen LogP contribution is -2.23. The highest BCUT2D eigenvalue weighted by Gasteiger charge is 2.17. The van der Waals surface area contributed by atoms with Crippen LogP contribution in [0.5, 0.6) is 0 Å². The molecular weight excluding hydrogens is 404 g/mol. The number of nitrogens with zero attached hydrogens (tertiary/aromatic N) is 1. The molecule has 0 bridgehead atoms. The molecule has 0 fully saturated rings. The normalized spacial score (nSPS) is 10.4. The molecule has 2 amide bonds. The summed E-state index contributed by atoms with van der Waals surface area (Å²) in [5.41, 5.74) is 6.03. The third kappa shape index (κ3) is 5.49. The van der Waals surface area contributed by atoms with Gasteiger partial charge in [-0.1, -0.05) is 43.8 Å². The van der Waals surface area contributed by atoms with Gasteiger partial charge in [0.25, 0.3) is 11.8 Å². The van der Waals surface area contributed by atoms with E-state index in [9.17, 15) is 9.59 Å². The van der Waals surface area contributed by atoms with Crippen LogP contribution in [0.1, 0.15) is 29.3 Å². The van der Waals surface area contributed by atoms with Gasteiger partial charge in [-0.25, -0.2) is 5.48 Å². The summed E-state index contributed by atoms with van der Waals surface area (Å²) in [7, 11) is 0. The van der Waals surface area contributed by atoms with E-state index >= 15 is 0 Å². The number of anilines is 2. The highest BCUT2D eigenvalue weighted by atomic mass is 16.5. The van der Waals surface area contributed by atoms with Crippen molar-refractivity contribution in [3.05, 3.63) is 96.6 Å². The highest BCUT2D eigenvalue weighted by molar-refractivity contribution is 6.07. The van der Waals surface area contributed by atoms with Crippen molar-refractivity contribution >= 4 is 23.2 Å². The van der Waals surface area contributed by atoms with Crippen LogP contribution in [-0.4, -0.2) is 23.6 Å². The molecule has 3 rings (SSSR count). The minimum absolute atomic E-state index is 0.247. The first kappa shape index (κ1) is 22.9. The molecule has 0 saturated heterocycles. The van der Waals surface area contributed by atoms with Crippen molar-refractivity contribution in [2.75, 3.05) is 11.5 Å². The van der Waals surface area contributed by atoms with Crippen LogP contribution < -0.4 is 10.4 Å². The fourth-order valence-corrected chi connectivity index (χ4v) is 3.34. The fraction of sp³-hybridized carbons (Fsp3) is 0.154. The van der Waals surface area contributed by atoms with Crippen LogP contribution in [0.3, 0.4) is 0 Å². The SMILES string of the molecule is C=CC(=O)N(c1ccccc1)c1cc(COCCC)cc(-c2ccc(C(=O)NO)cc2)c1. The Labute approximate surface area is 187 Å². The standard InChI is InChI=1S/C26H26N2O4/c1-3-14-32-18-19-15-22(20-10-12-21(13-11-20)26(30)27-31)17-24(16-19)28(25(29)4-2)23-8-6-5-7-9-23/h4-13,15-17,31H,2-3,14,18H2,1H3,(H,27,30). The zero-order valence-electron chi connectivity index (χ0n) is 18.0. The molecule has 0 aromatic heterocycles. The second-order valence-electron chi connectivity index (χ2n) is 7.17. The maximum Gasteiger partial charge on any atom is 0.274 e. The number of ether oxygens (including phenoxy) is 1. The second-order valence-corrected chi connectivity index (χ2v) is 7.17. The lowest BCUT2D eigenvalue weighted by atomic mass is 10.00. The molecule has 0 spiro atoms. The molecule has 164 valence electrons.